The third kappa shape index (κ3) is 5.52. The van der Waals surface area contributed by atoms with Gasteiger partial charge in [0.25, 0.3) is 0 Å². The number of hydrogen-bond acceptors (Lipinski definition) is 5. The predicted molar refractivity (Wildman–Crippen MR) is 153 cm³/mol. The first-order chi connectivity index (χ1) is 19.1. The van der Waals surface area contributed by atoms with Crippen LogP contribution in [0.4, 0.5) is 0 Å². The van der Waals surface area contributed by atoms with Gasteiger partial charge in [-0.3, -0.25) is 23.9 Å². The van der Waals surface area contributed by atoms with E-state index in [1.165, 1.54) is 12.5 Å². The van der Waals surface area contributed by atoms with Gasteiger partial charge in [0.15, 0.2) is 5.78 Å². The van der Waals surface area contributed by atoms with E-state index in [4.69, 9.17) is 5.10 Å². The Morgan fingerprint density at radius 3 is 2.58 bits per heavy atom. The van der Waals surface area contributed by atoms with Gasteiger partial charge in [-0.2, -0.15) is 5.10 Å². The summed E-state index contributed by atoms with van der Waals surface area (Å²) in [5.74, 6) is 0.123. The quantitative estimate of drug-likeness (QED) is 0.554. The highest BCUT2D eigenvalue weighted by Crippen LogP contribution is 2.59. The summed E-state index contributed by atoms with van der Waals surface area (Å²) in [6, 6.07) is 3.65. The maximum absolute atomic E-state index is 13.9. The third-order valence-corrected chi connectivity index (χ3v) is 9.10. The molecule has 3 atom stereocenters. The number of amides is 3. The molecule has 1 aliphatic carbocycles. The van der Waals surface area contributed by atoms with Gasteiger partial charge in [0.05, 0.1) is 5.52 Å². The van der Waals surface area contributed by atoms with Crippen molar-refractivity contribution in [3.63, 3.8) is 0 Å². The van der Waals surface area contributed by atoms with Crippen LogP contribution in [0.25, 0.3) is 10.9 Å². The number of aromatic nitrogens is 2. The van der Waals surface area contributed by atoms with Crippen LogP contribution in [-0.2, 0) is 33.8 Å². The number of piperidine rings is 1. The average molecular weight is 550 g/mol. The van der Waals surface area contributed by atoms with Gasteiger partial charge in [0, 0.05) is 43.8 Å². The number of likely N-dealkylation sites (N-methyl/N-ethyl adjacent to an activating group) is 1. The lowest BCUT2D eigenvalue weighted by Crippen LogP contribution is -2.48. The zero-order valence-corrected chi connectivity index (χ0v) is 24.3. The molecule has 1 aromatic carbocycles. The topological polar surface area (TPSA) is 113 Å². The van der Waals surface area contributed by atoms with Crippen LogP contribution in [0.2, 0.25) is 0 Å². The first kappa shape index (κ1) is 28.3. The second-order valence-electron chi connectivity index (χ2n) is 12.6. The fourth-order valence-electron chi connectivity index (χ4n) is 6.80. The molecule has 2 fully saturated rings. The van der Waals surface area contributed by atoms with Crippen LogP contribution in [0.15, 0.2) is 12.1 Å². The van der Waals surface area contributed by atoms with E-state index in [2.05, 4.69) is 36.6 Å². The molecule has 0 radical (unpaired) electrons. The molecule has 9 nitrogen and oxygen atoms in total. The predicted octanol–water partition coefficient (Wildman–Crippen LogP) is 3.56. The molecule has 0 spiro atoms. The highest BCUT2D eigenvalue weighted by atomic mass is 16.2. The van der Waals surface area contributed by atoms with Crippen LogP contribution in [-0.4, -0.2) is 63.9 Å². The number of nitrogens with one attached hydrogen (secondary N) is 2. The molecule has 2 bridgehead atoms. The standard InChI is InChI=1S/C31H43N5O4/c1-19(2)11-12-21-13-22-9-7-5-6-8-10-26(38)33-18-31-15-24(30(40)32-4)36(25(31)16-31)27(39)17-35-29(22)23(14-21)28(34-35)20(3)37/h13-14,19,24-25H,5-12,15-18H2,1-4H3,(H,32,40)(H,33,38)/t24-,25+,31-/m0/s1. The summed E-state index contributed by atoms with van der Waals surface area (Å²) in [5.41, 5.74) is 3.29. The Labute approximate surface area is 236 Å². The molecular weight excluding hydrogens is 506 g/mol. The fourth-order valence-corrected chi connectivity index (χ4v) is 6.80. The highest BCUT2D eigenvalue weighted by molar-refractivity contribution is 6.06. The smallest absolute Gasteiger partial charge is 0.245 e. The largest absolute Gasteiger partial charge is 0.357 e. The second-order valence-corrected chi connectivity index (χ2v) is 12.6. The van der Waals surface area contributed by atoms with Gasteiger partial charge in [-0.05, 0) is 68.1 Å². The van der Waals surface area contributed by atoms with Crippen LogP contribution in [0.3, 0.4) is 0 Å². The van der Waals surface area contributed by atoms with Crippen molar-refractivity contribution >= 4 is 34.4 Å². The molecule has 0 unspecified atom stereocenters. The third-order valence-electron chi connectivity index (χ3n) is 9.10. The summed E-state index contributed by atoms with van der Waals surface area (Å²) >= 11 is 0. The molecule has 9 heteroatoms. The van der Waals surface area contributed by atoms with Crippen molar-refractivity contribution in [2.45, 2.75) is 104 Å². The molecule has 3 amide bonds. The molecule has 1 saturated carbocycles. The van der Waals surface area contributed by atoms with E-state index in [-0.39, 0.29) is 41.5 Å². The Hall–Kier alpha value is -3.23. The summed E-state index contributed by atoms with van der Waals surface area (Å²) < 4.78 is 1.71. The van der Waals surface area contributed by atoms with Gasteiger partial charge in [-0.15, -0.1) is 0 Å². The van der Waals surface area contributed by atoms with Gasteiger partial charge >= 0.3 is 0 Å². The molecule has 40 heavy (non-hydrogen) atoms. The van der Waals surface area contributed by atoms with Crippen LogP contribution >= 0.6 is 0 Å². The Bertz CT molecular complexity index is 1330. The first-order valence-electron chi connectivity index (χ1n) is 15.0. The molecule has 2 aliphatic heterocycles. The lowest BCUT2D eigenvalue weighted by molar-refractivity contribution is -0.140. The van der Waals surface area contributed by atoms with Crippen molar-refractivity contribution in [2.24, 2.45) is 11.3 Å². The Kier molecular flexibility index (Phi) is 8.02. The average Bonchev–Trinajstić information content (AvgIpc) is 3.33. The number of hydrogen-bond donors (Lipinski definition) is 2. The molecule has 5 rings (SSSR count). The van der Waals surface area contributed by atoms with E-state index < -0.39 is 6.04 Å². The highest BCUT2D eigenvalue weighted by Gasteiger charge is 2.67. The number of carbonyl (C=O) groups excluding carboxylic acids is 4. The Morgan fingerprint density at radius 1 is 1.12 bits per heavy atom. The van der Waals surface area contributed by atoms with E-state index in [9.17, 15) is 19.2 Å². The van der Waals surface area contributed by atoms with Crippen molar-refractivity contribution in [1.29, 1.82) is 0 Å². The number of nitrogens with zero attached hydrogens (tertiary/aromatic N) is 3. The van der Waals surface area contributed by atoms with Gasteiger partial charge in [-0.25, -0.2) is 0 Å². The van der Waals surface area contributed by atoms with Gasteiger partial charge in [0.2, 0.25) is 17.7 Å². The molecular formula is C31H43N5O4. The molecule has 2 N–H and O–H groups in total. The summed E-state index contributed by atoms with van der Waals surface area (Å²) in [4.78, 5) is 53.8. The van der Waals surface area contributed by atoms with Crippen LogP contribution in [0, 0.1) is 11.3 Å². The Balaban J connectivity index is 1.56. The lowest BCUT2D eigenvalue weighted by Gasteiger charge is -2.26. The minimum absolute atomic E-state index is 0.0332. The van der Waals surface area contributed by atoms with E-state index in [1.807, 2.05) is 0 Å². The summed E-state index contributed by atoms with van der Waals surface area (Å²) in [6.07, 6.45) is 8.35. The molecule has 2 aromatic rings. The van der Waals surface area contributed by atoms with E-state index in [0.717, 1.165) is 67.8 Å². The fraction of sp³-hybridized carbons (Fsp3) is 0.645. The minimum Gasteiger partial charge on any atom is -0.357 e. The summed E-state index contributed by atoms with van der Waals surface area (Å²) in [6.45, 7) is 6.40. The van der Waals surface area contributed by atoms with E-state index in [1.54, 1.807) is 16.6 Å². The van der Waals surface area contributed by atoms with Crippen molar-refractivity contribution in [3.8, 4) is 0 Å². The summed E-state index contributed by atoms with van der Waals surface area (Å²) in [5, 5.41) is 11.3. The number of carbonyl (C=O) groups is 4. The monoisotopic (exact) mass is 549 g/mol. The molecule has 1 aromatic heterocycles. The Morgan fingerprint density at radius 2 is 1.88 bits per heavy atom. The number of ketones is 1. The van der Waals surface area contributed by atoms with Crippen molar-refractivity contribution in [3.05, 3.63) is 29.0 Å². The van der Waals surface area contributed by atoms with E-state index >= 15 is 0 Å². The van der Waals surface area contributed by atoms with Crippen LogP contribution < -0.4 is 10.6 Å². The van der Waals surface area contributed by atoms with Gasteiger partial charge < -0.3 is 15.5 Å². The molecule has 1 saturated heterocycles. The lowest BCUT2D eigenvalue weighted by atomic mass is 9.95. The van der Waals surface area contributed by atoms with Crippen molar-refractivity contribution in [1.82, 2.24) is 25.3 Å². The maximum atomic E-state index is 13.9. The van der Waals surface area contributed by atoms with Crippen molar-refractivity contribution in [2.75, 3.05) is 13.6 Å². The van der Waals surface area contributed by atoms with E-state index in [0.29, 0.717) is 31.0 Å². The zero-order chi connectivity index (χ0) is 28.6. The minimum atomic E-state index is -0.580. The number of rotatable bonds is 5. The zero-order valence-electron chi connectivity index (χ0n) is 24.3. The molecule has 3 aliphatic rings. The molecule has 3 heterocycles. The first-order valence-corrected chi connectivity index (χ1v) is 15.0. The van der Waals surface area contributed by atoms with Crippen molar-refractivity contribution < 1.29 is 19.2 Å². The van der Waals surface area contributed by atoms with Crippen LogP contribution in [0.1, 0.15) is 93.8 Å². The number of benzene rings is 1. The van der Waals surface area contributed by atoms with Crippen LogP contribution in [0.5, 0.6) is 0 Å². The maximum Gasteiger partial charge on any atom is 0.245 e. The number of aryl methyl sites for hydroxylation is 2. The van der Waals surface area contributed by atoms with Gasteiger partial charge in [0.1, 0.15) is 18.3 Å². The normalized spacial score (nSPS) is 25.5. The number of Topliss-reactive ketones (excluding diaryl/α,β-unsaturated/α-hetero) is 1. The summed E-state index contributed by atoms with van der Waals surface area (Å²) in [7, 11) is 1.59. The SMILES string of the molecule is CNC(=O)[C@@H]1C[C@]23CNC(=O)CCCCCCc4cc(CCC(C)C)cc5c(C(C)=O)nn(c45)CC(=O)N1[C@@H]2C3. The van der Waals surface area contributed by atoms with Gasteiger partial charge in [-0.1, -0.05) is 32.8 Å². The second kappa shape index (κ2) is 11.3. The molecule has 216 valence electrons.